The molecule has 42 heavy (non-hydrogen) atoms. The summed E-state index contributed by atoms with van der Waals surface area (Å²) in [4.78, 5) is 79.3. The van der Waals surface area contributed by atoms with Crippen molar-refractivity contribution in [1.29, 1.82) is 0 Å². The highest BCUT2D eigenvalue weighted by molar-refractivity contribution is 6.36. The normalized spacial score (nSPS) is 20.7. The van der Waals surface area contributed by atoms with Crippen molar-refractivity contribution in [2.75, 3.05) is 26.2 Å². The Bertz CT molecular complexity index is 1060. The molecule has 0 saturated carbocycles. The molecule has 1 unspecified atom stereocenters. The maximum absolute atomic E-state index is 14.1. The molecule has 4 atom stereocenters. The first-order valence-electron chi connectivity index (χ1n) is 14.9. The van der Waals surface area contributed by atoms with Crippen LogP contribution in [-0.4, -0.2) is 89.5 Å². The van der Waals surface area contributed by atoms with E-state index >= 15 is 0 Å². The van der Waals surface area contributed by atoms with Crippen molar-refractivity contribution in [3.05, 3.63) is 12.2 Å². The molecule has 0 bridgehead atoms. The van der Waals surface area contributed by atoms with Gasteiger partial charge in [-0.25, -0.2) is 4.79 Å². The molecule has 5 N–H and O–H groups in total. The quantitative estimate of drug-likeness (QED) is 0.197. The van der Waals surface area contributed by atoms with Gasteiger partial charge in [0, 0.05) is 32.0 Å². The van der Waals surface area contributed by atoms with Gasteiger partial charge in [0.25, 0.3) is 5.91 Å². The number of likely N-dealkylation sites (tertiary alicyclic amines) is 2. The highest BCUT2D eigenvalue weighted by atomic mass is 16.2. The second-order valence-electron chi connectivity index (χ2n) is 13.2. The first-order valence-corrected chi connectivity index (χ1v) is 14.9. The number of urea groups is 1. The molecule has 0 aliphatic carbocycles. The molecule has 2 aliphatic heterocycles. The van der Waals surface area contributed by atoms with Crippen LogP contribution in [0.2, 0.25) is 0 Å². The molecular formula is C30H50N6O6. The number of nitrogens with two attached hydrogens (primary N) is 1. The Morgan fingerprint density at radius 2 is 1.67 bits per heavy atom. The molecule has 6 amide bonds. The minimum absolute atomic E-state index is 0.0341. The highest BCUT2D eigenvalue weighted by Gasteiger charge is 2.47. The number of piperidine rings is 1. The molecule has 0 aromatic carbocycles. The number of nitrogens with zero attached hydrogens (tertiary/aromatic N) is 2. The number of ketones is 1. The number of carbonyl (C=O) groups excluding carboxylic acids is 6. The van der Waals surface area contributed by atoms with Crippen LogP contribution in [0.5, 0.6) is 0 Å². The molecule has 236 valence electrons. The van der Waals surface area contributed by atoms with E-state index in [0.717, 1.165) is 18.4 Å². The fourth-order valence-corrected chi connectivity index (χ4v) is 5.41. The SMILES string of the molecule is C=C(C(C)C)[C@H]1CCN(C(=O)C(NC(=O)N[C@H](CN2CCCCC2=O)C(C)C)C(C)(C)C)[C@@H]1C(=O)NCC(=O)C(N)=O. The van der Waals surface area contributed by atoms with E-state index in [4.69, 9.17) is 5.73 Å². The Labute approximate surface area is 249 Å². The van der Waals surface area contributed by atoms with Crippen LogP contribution in [0.15, 0.2) is 12.2 Å². The molecule has 2 fully saturated rings. The van der Waals surface area contributed by atoms with Crippen LogP contribution in [0.1, 0.15) is 74.1 Å². The van der Waals surface area contributed by atoms with E-state index in [9.17, 15) is 28.8 Å². The Morgan fingerprint density at radius 1 is 1.02 bits per heavy atom. The Hall–Kier alpha value is -3.44. The predicted molar refractivity (Wildman–Crippen MR) is 159 cm³/mol. The summed E-state index contributed by atoms with van der Waals surface area (Å²) in [6.45, 7) is 18.2. The largest absolute Gasteiger partial charge is 0.363 e. The number of primary amides is 1. The van der Waals surface area contributed by atoms with Gasteiger partial charge in [0.15, 0.2) is 0 Å². The van der Waals surface area contributed by atoms with Crippen molar-refractivity contribution < 1.29 is 28.8 Å². The smallest absolute Gasteiger partial charge is 0.315 e. The van der Waals surface area contributed by atoms with E-state index in [1.54, 1.807) is 4.90 Å². The zero-order valence-corrected chi connectivity index (χ0v) is 26.2. The topological polar surface area (TPSA) is 171 Å². The van der Waals surface area contributed by atoms with Gasteiger partial charge in [0.2, 0.25) is 23.5 Å². The van der Waals surface area contributed by atoms with E-state index in [1.807, 2.05) is 48.5 Å². The average molecular weight is 591 g/mol. The van der Waals surface area contributed by atoms with Crippen molar-refractivity contribution in [3.8, 4) is 0 Å². The van der Waals surface area contributed by atoms with Gasteiger partial charge in [-0.1, -0.05) is 60.6 Å². The summed E-state index contributed by atoms with van der Waals surface area (Å²) >= 11 is 0. The standard InChI is InChI=1S/C30H50N6O6/c1-17(2)19(5)20-12-14-36(24(20)27(40)32-15-22(37)26(31)39)28(41)25(30(6,7)8)34-29(42)33-21(18(3)4)16-35-13-10-9-11-23(35)38/h17-18,20-21,24-25H,5,9-16H2,1-4,6-8H3,(H2,31,39)(H,32,40)(H2,33,34,42)/t20-,21-,24+,25?/m1/s1. The van der Waals surface area contributed by atoms with E-state index in [2.05, 4.69) is 22.5 Å². The lowest BCUT2D eigenvalue weighted by Gasteiger charge is -2.37. The number of hydrogen-bond acceptors (Lipinski definition) is 6. The number of hydrogen-bond donors (Lipinski definition) is 4. The van der Waals surface area contributed by atoms with E-state index < -0.39 is 53.6 Å². The summed E-state index contributed by atoms with van der Waals surface area (Å²) in [5.41, 5.74) is 5.10. The zero-order chi connectivity index (χ0) is 31.9. The molecule has 12 heteroatoms. The monoisotopic (exact) mass is 590 g/mol. The van der Waals surface area contributed by atoms with Crippen LogP contribution in [-0.2, 0) is 24.0 Å². The number of Topliss-reactive ketones (excluding diaryl/α,β-unsaturated/α-hetero) is 1. The van der Waals surface area contributed by atoms with Gasteiger partial charge in [-0.15, -0.1) is 0 Å². The maximum Gasteiger partial charge on any atom is 0.315 e. The second kappa shape index (κ2) is 14.6. The fourth-order valence-electron chi connectivity index (χ4n) is 5.41. The molecule has 2 rings (SSSR count). The third kappa shape index (κ3) is 9.03. The number of nitrogens with one attached hydrogen (secondary N) is 3. The van der Waals surface area contributed by atoms with Gasteiger partial charge >= 0.3 is 6.03 Å². The minimum Gasteiger partial charge on any atom is -0.363 e. The molecule has 2 heterocycles. The van der Waals surface area contributed by atoms with Crippen LogP contribution >= 0.6 is 0 Å². The van der Waals surface area contributed by atoms with Gasteiger partial charge in [-0.3, -0.25) is 24.0 Å². The van der Waals surface area contributed by atoms with E-state index in [0.29, 0.717) is 25.9 Å². The molecular weight excluding hydrogens is 540 g/mol. The van der Waals surface area contributed by atoms with Crippen molar-refractivity contribution in [1.82, 2.24) is 25.8 Å². The van der Waals surface area contributed by atoms with Gasteiger partial charge in [0.1, 0.15) is 12.1 Å². The molecule has 0 aromatic rings. The summed E-state index contributed by atoms with van der Waals surface area (Å²) in [5, 5.41) is 8.26. The molecule has 2 saturated heterocycles. The van der Waals surface area contributed by atoms with Crippen molar-refractivity contribution in [2.24, 2.45) is 28.9 Å². The second-order valence-corrected chi connectivity index (χ2v) is 13.2. The summed E-state index contributed by atoms with van der Waals surface area (Å²) < 4.78 is 0. The first kappa shape index (κ1) is 34.8. The minimum atomic E-state index is -1.16. The van der Waals surface area contributed by atoms with Crippen LogP contribution in [0.25, 0.3) is 0 Å². The van der Waals surface area contributed by atoms with Gasteiger partial charge in [-0.2, -0.15) is 0 Å². The van der Waals surface area contributed by atoms with Crippen LogP contribution in [0.4, 0.5) is 4.79 Å². The Balaban J connectivity index is 2.26. The van der Waals surface area contributed by atoms with Crippen molar-refractivity contribution in [2.45, 2.75) is 92.3 Å². The summed E-state index contributed by atoms with van der Waals surface area (Å²) in [5.74, 6) is -3.37. The third-order valence-electron chi connectivity index (χ3n) is 8.21. The average Bonchev–Trinajstić information content (AvgIpc) is 3.34. The Morgan fingerprint density at radius 3 is 2.19 bits per heavy atom. The zero-order valence-electron chi connectivity index (χ0n) is 26.2. The summed E-state index contributed by atoms with van der Waals surface area (Å²) in [7, 11) is 0. The van der Waals surface area contributed by atoms with Crippen molar-refractivity contribution >= 4 is 35.4 Å². The maximum atomic E-state index is 14.1. The van der Waals surface area contributed by atoms with Gasteiger partial charge in [-0.05, 0) is 36.5 Å². The van der Waals surface area contributed by atoms with Gasteiger partial charge < -0.3 is 31.5 Å². The third-order valence-corrected chi connectivity index (χ3v) is 8.21. The van der Waals surface area contributed by atoms with Crippen LogP contribution in [0, 0.1) is 23.2 Å². The molecule has 0 radical (unpaired) electrons. The lowest BCUT2D eigenvalue weighted by Crippen LogP contribution is -2.61. The summed E-state index contributed by atoms with van der Waals surface area (Å²) in [6, 6.07) is -2.83. The summed E-state index contributed by atoms with van der Waals surface area (Å²) in [6.07, 6.45) is 2.78. The van der Waals surface area contributed by atoms with Crippen LogP contribution < -0.4 is 21.7 Å². The van der Waals surface area contributed by atoms with E-state index in [-0.39, 0.29) is 36.2 Å². The highest BCUT2D eigenvalue weighted by Crippen LogP contribution is 2.35. The Kier molecular flexibility index (Phi) is 12.1. The lowest BCUT2D eigenvalue weighted by atomic mass is 9.84. The van der Waals surface area contributed by atoms with Crippen LogP contribution in [0.3, 0.4) is 0 Å². The number of carbonyl (C=O) groups is 6. The number of rotatable bonds is 12. The fraction of sp³-hybridized carbons (Fsp3) is 0.733. The molecule has 0 spiro atoms. The predicted octanol–water partition coefficient (Wildman–Crippen LogP) is 1.34. The molecule has 12 nitrogen and oxygen atoms in total. The van der Waals surface area contributed by atoms with E-state index in [1.165, 1.54) is 4.90 Å². The lowest BCUT2D eigenvalue weighted by molar-refractivity contribution is -0.143. The molecule has 0 aromatic heterocycles. The first-order chi connectivity index (χ1) is 19.4. The van der Waals surface area contributed by atoms with Gasteiger partial charge in [0.05, 0.1) is 12.6 Å². The number of amides is 6. The van der Waals surface area contributed by atoms with Crippen molar-refractivity contribution in [3.63, 3.8) is 0 Å². The molecule has 2 aliphatic rings.